The highest BCUT2D eigenvalue weighted by Crippen LogP contribution is 2.21. The Morgan fingerprint density at radius 1 is 1.56 bits per heavy atom. The molecule has 0 aliphatic rings. The second-order valence-electron chi connectivity index (χ2n) is 3.47. The van der Waals surface area contributed by atoms with Crippen LogP contribution >= 0.6 is 15.9 Å². The van der Waals surface area contributed by atoms with Gasteiger partial charge in [0.15, 0.2) is 0 Å². The zero-order chi connectivity index (χ0) is 12.1. The lowest BCUT2D eigenvalue weighted by Crippen LogP contribution is -2.32. The molecule has 0 heterocycles. The number of benzene rings is 1. The molecule has 1 aromatic rings. The summed E-state index contributed by atoms with van der Waals surface area (Å²) in [6, 6.07) is 7.45. The SMILES string of the molecule is CCC(Br)C(=O)N(C)c1cccc(OC)c1. The Morgan fingerprint density at radius 3 is 2.81 bits per heavy atom. The maximum absolute atomic E-state index is 11.9. The number of alkyl halides is 1. The highest BCUT2D eigenvalue weighted by molar-refractivity contribution is 9.10. The molecule has 0 radical (unpaired) electrons. The summed E-state index contributed by atoms with van der Waals surface area (Å²) in [4.78, 5) is 13.4. The van der Waals surface area contributed by atoms with E-state index in [0.717, 1.165) is 17.9 Å². The van der Waals surface area contributed by atoms with Crippen LogP contribution in [0.15, 0.2) is 24.3 Å². The number of halogens is 1. The van der Waals surface area contributed by atoms with Crippen molar-refractivity contribution in [2.45, 2.75) is 18.2 Å². The molecule has 1 aromatic carbocycles. The number of anilines is 1. The predicted molar refractivity (Wildman–Crippen MR) is 69.4 cm³/mol. The molecule has 0 saturated carbocycles. The number of ether oxygens (including phenoxy) is 1. The van der Waals surface area contributed by atoms with Crippen LogP contribution in [0.5, 0.6) is 5.75 Å². The Morgan fingerprint density at radius 2 is 2.25 bits per heavy atom. The van der Waals surface area contributed by atoms with Crippen molar-refractivity contribution in [1.29, 1.82) is 0 Å². The fourth-order valence-corrected chi connectivity index (χ4v) is 1.64. The van der Waals surface area contributed by atoms with Crippen LogP contribution in [0, 0.1) is 0 Å². The van der Waals surface area contributed by atoms with E-state index in [4.69, 9.17) is 4.74 Å². The predicted octanol–water partition coefficient (Wildman–Crippen LogP) is 2.83. The first-order chi connectivity index (χ1) is 7.60. The van der Waals surface area contributed by atoms with Gasteiger partial charge in [0.2, 0.25) is 5.91 Å². The smallest absolute Gasteiger partial charge is 0.240 e. The molecule has 0 bridgehead atoms. The van der Waals surface area contributed by atoms with E-state index >= 15 is 0 Å². The van der Waals surface area contributed by atoms with E-state index in [-0.39, 0.29) is 10.7 Å². The number of amides is 1. The van der Waals surface area contributed by atoms with Gasteiger partial charge in [-0.2, -0.15) is 0 Å². The summed E-state index contributed by atoms with van der Waals surface area (Å²) in [5, 5.41) is 0. The Balaban J connectivity index is 2.87. The van der Waals surface area contributed by atoms with Crippen molar-refractivity contribution >= 4 is 27.5 Å². The molecule has 0 spiro atoms. The van der Waals surface area contributed by atoms with Gasteiger partial charge in [0.1, 0.15) is 5.75 Å². The molecule has 0 aliphatic carbocycles. The van der Waals surface area contributed by atoms with Gasteiger partial charge in [-0.3, -0.25) is 4.79 Å². The minimum absolute atomic E-state index is 0.0516. The van der Waals surface area contributed by atoms with Crippen LogP contribution in [0.3, 0.4) is 0 Å². The standard InChI is InChI=1S/C12H16BrNO2/c1-4-11(13)12(15)14(2)9-6-5-7-10(8-9)16-3/h5-8,11H,4H2,1-3H3. The van der Waals surface area contributed by atoms with Crippen LogP contribution in [0.2, 0.25) is 0 Å². The molecule has 0 fully saturated rings. The second kappa shape index (κ2) is 5.89. The molecule has 1 atom stereocenters. The maximum Gasteiger partial charge on any atom is 0.240 e. The van der Waals surface area contributed by atoms with Crippen molar-refractivity contribution in [3.05, 3.63) is 24.3 Å². The average Bonchev–Trinajstić information content (AvgIpc) is 2.36. The number of hydrogen-bond donors (Lipinski definition) is 0. The van der Waals surface area contributed by atoms with Gasteiger partial charge in [-0.15, -0.1) is 0 Å². The van der Waals surface area contributed by atoms with Gasteiger partial charge in [-0.1, -0.05) is 28.9 Å². The van der Waals surface area contributed by atoms with Gasteiger partial charge in [0, 0.05) is 18.8 Å². The van der Waals surface area contributed by atoms with Gasteiger partial charge in [0.05, 0.1) is 11.9 Å². The summed E-state index contributed by atoms with van der Waals surface area (Å²) in [7, 11) is 3.38. The molecule has 16 heavy (non-hydrogen) atoms. The lowest BCUT2D eigenvalue weighted by Gasteiger charge is -2.20. The van der Waals surface area contributed by atoms with E-state index < -0.39 is 0 Å². The number of methoxy groups -OCH3 is 1. The third kappa shape index (κ3) is 2.98. The monoisotopic (exact) mass is 285 g/mol. The molecule has 88 valence electrons. The molecule has 3 nitrogen and oxygen atoms in total. The number of carbonyl (C=O) groups is 1. The largest absolute Gasteiger partial charge is 0.497 e. The Bertz CT molecular complexity index is 368. The molecule has 0 aliphatic heterocycles. The van der Waals surface area contributed by atoms with Crippen molar-refractivity contribution in [2.24, 2.45) is 0 Å². The Kier molecular flexibility index (Phi) is 4.80. The fraction of sp³-hybridized carbons (Fsp3) is 0.417. The Labute approximate surface area is 105 Å². The molecule has 0 N–H and O–H groups in total. The second-order valence-corrected chi connectivity index (χ2v) is 4.58. The van der Waals surface area contributed by atoms with Crippen LogP contribution < -0.4 is 9.64 Å². The number of hydrogen-bond acceptors (Lipinski definition) is 2. The van der Waals surface area contributed by atoms with E-state index in [2.05, 4.69) is 15.9 Å². The van der Waals surface area contributed by atoms with Crippen LogP contribution in [-0.4, -0.2) is 24.9 Å². The molecule has 1 unspecified atom stereocenters. The summed E-state index contributed by atoms with van der Waals surface area (Å²) < 4.78 is 5.12. The maximum atomic E-state index is 11.9. The number of nitrogens with zero attached hydrogens (tertiary/aromatic N) is 1. The Hall–Kier alpha value is -1.03. The van der Waals surface area contributed by atoms with E-state index in [1.165, 1.54) is 0 Å². The summed E-state index contributed by atoms with van der Waals surface area (Å²) in [6.07, 6.45) is 0.771. The van der Waals surface area contributed by atoms with Crippen LogP contribution in [-0.2, 0) is 4.79 Å². The first-order valence-corrected chi connectivity index (χ1v) is 6.07. The van der Waals surface area contributed by atoms with E-state index in [1.54, 1.807) is 19.1 Å². The van der Waals surface area contributed by atoms with Crippen molar-refractivity contribution in [2.75, 3.05) is 19.1 Å². The summed E-state index contributed by atoms with van der Waals surface area (Å²) in [5.41, 5.74) is 0.835. The normalized spacial score (nSPS) is 12.0. The molecular weight excluding hydrogens is 270 g/mol. The molecule has 1 rings (SSSR count). The zero-order valence-corrected chi connectivity index (χ0v) is 11.3. The van der Waals surface area contributed by atoms with Gasteiger partial charge in [0.25, 0.3) is 0 Å². The van der Waals surface area contributed by atoms with Gasteiger partial charge in [-0.25, -0.2) is 0 Å². The van der Waals surface area contributed by atoms with Gasteiger partial charge >= 0.3 is 0 Å². The first kappa shape index (κ1) is 13.0. The quantitative estimate of drug-likeness (QED) is 0.797. The number of rotatable bonds is 4. The molecule has 1 amide bonds. The zero-order valence-electron chi connectivity index (χ0n) is 9.74. The van der Waals surface area contributed by atoms with Crippen molar-refractivity contribution in [1.82, 2.24) is 0 Å². The van der Waals surface area contributed by atoms with E-state index in [1.807, 2.05) is 31.2 Å². The molecule has 4 heteroatoms. The topological polar surface area (TPSA) is 29.5 Å². The summed E-state index contributed by atoms with van der Waals surface area (Å²) in [6.45, 7) is 1.97. The van der Waals surface area contributed by atoms with Crippen LogP contribution in [0.4, 0.5) is 5.69 Å². The molecular formula is C12H16BrNO2. The third-order valence-electron chi connectivity index (χ3n) is 2.40. The van der Waals surface area contributed by atoms with Gasteiger partial charge in [-0.05, 0) is 18.6 Å². The minimum Gasteiger partial charge on any atom is -0.497 e. The van der Waals surface area contributed by atoms with E-state index in [9.17, 15) is 4.79 Å². The van der Waals surface area contributed by atoms with Crippen molar-refractivity contribution in [3.63, 3.8) is 0 Å². The fourth-order valence-electron chi connectivity index (χ4n) is 1.33. The lowest BCUT2D eigenvalue weighted by molar-refractivity contribution is -0.117. The summed E-state index contributed by atoms with van der Waals surface area (Å²) in [5.74, 6) is 0.801. The molecule has 0 aromatic heterocycles. The highest BCUT2D eigenvalue weighted by atomic mass is 79.9. The van der Waals surface area contributed by atoms with Crippen molar-refractivity contribution < 1.29 is 9.53 Å². The van der Waals surface area contributed by atoms with Crippen molar-refractivity contribution in [3.8, 4) is 5.75 Å². The van der Waals surface area contributed by atoms with Gasteiger partial charge < -0.3 is 9.64 Å². The lowest BCUT2D eigenvalue weighted by atomic mass is 10.2. The highest BCUT2D eigenvalue weighted by Gasteiger charge is 2.18. The number of carbonyl (C=O) groups excluding carboxylic acids is 1. The summed E-state index contributed by atoms with van der Waals surface area (Å²) >= 11 is 3.35. The average molecular weight is 286 g/mol. The molecule has 0 saturated heterocycles. The third-order valence-corrected chi connectivity index (χ3v) is 3.44. The first-order valence-electron chi connectivity index (χ1n) is 5.15. The van der Waals surface area contributed by atoms with E-state index in [0.29, 0.717) is 0 Å². The van der Waals surface area contributed by atoms with Crippen LogP contribution in [0.1, 0.15) is 13.3 Å². The van der Waals surface area contributed by atoms with Crippen LogP contribution in [0.25, 0.3) is 0 Å². The minimum atomic E-state index is -0.135.